The van der Waals surface area contributed by atoms with Gasteiger partial charge in [0.05, 0.1) is 0 Å². The number of nitrogens with zero attached hydrogens (tertiary/aromatic N) is 1. The summed E-state index contributed by atoms with van der Waals surface area (Å²) in [4.78, 5) is 27.7. The van der Waals surface area contributed by atoms with Crippen LogP contribution in [0.5, 0.6) is 0 Å². The zero-order valence-corrected chi connectivity index (χ0v) is 14.8. The largest absolute Gasteiger partial charge is 0.444 e. The first kappa shape index (κ1) is 20.8. The fourth-order valence-corrected chi connectivity index (χ4v) is 1.28. The molecule has 0 bridgehead atoms. The monoisotopic (exact) mass is 325 g/mol. The van der Waals surface area contributed by atoms with Gasteiger partial charge in [-0.15, -0.1) is 12.3 Å². The molecule has 0 aromatic carbocycles. The van der Waals surface area contributed by atoms with Crippen molar-refractivity contribution in [2.45, 2.75) is 65.6 Å². The molecule has 23 heavy (non-hydrogen) atoms. The van der Waals surface area contributed by atoms with E-state index in [4.69, 9.17) is 15.9 Å². The van der Waals surface area contributed by atoms with E-state index in [1.165, 1.54) is 0 Å². The average molecular weight is 325 g/mol. The number of amides is 2. The van der Waals surface area contributed by atoms with Gasteiger partial charge in [-0.25, -0.2) is 9.59 Å². The van der Waals surface area contributed by atoms with Crippen LogP contribution in [-0.4, -0.2) is 35.9 Å². The lowest BCUT2D eigenvalue weighted by atomic mass is 10.2. The minimum absolute atomic E-state index is 0.0366. The van der Waals surface area contributed by atoms with E-state index in [1.54, 1.807) is 41.5 Å². The maximum atomic E-state index is 11.8. The number of carbonyl (C=O) groups excluding carboxylic acids is 2. The van der Waals surface area contributed by atoms with Crippen LogP contribution in [0.4, 0.5) is 9.59 Å². The molecular weight excluding hydrogens is 298 g/mol. The molecule has 0 rings (SSSR count). The molecule has 130 valence electrons. The molecule has 2 amide bonds. The third kappa shape index (κ3) is 13.2. The number of aliphatic imine (C=N–C) groups is 1. The number of carbonyl (C=O) groups is 2. The summed E-state index contributed by atoms with van der Waals surface area (Å²) in [5.74, 6) is 2.46. The summed E-state index contributed by atoms with van der Waals surface area (Å²) in [6.07, 6.45) is 4.91. The minimum Gasteiger partial charge on any atom is -0.444 e. The van der Waals surface area contributed by atoms with Crippen molar-refractivity contribution in [2.75, 3.05) is 6.54 Å². The fraction of sp³-hybridized carbons (Fsp3) is 0.688. The molecular formula is C16H27N3O4. The van der Waals surface area contributed by atoms with Crippen molar-refractivity contribution < 1.29 is 19.1 Å². The molecule has 0 aromatic heterocycles. The highest BCUT2D eigenvalue weighted by molar-refractivity contribution is 6.01. The number of ether oxygens (including phenoxy) is 2. The van der Waals surface area contributed by atoms with E-state index in [1.807, 2.05) is 0 Å². The van der Waals surface area contributed by atoms with Crippen molar-refractivity contribution in [3.63, 3.8) is 0 Å². The van der Waals surface area contributed by atoms with Crippen molar-refractivity contribution in [3.8, 4) is 12.3 Å². The Kier molecular flexibility index (Phi) is 8.16. The van der Waals surface area contributed by atoms with E-state index in [9.17, 15) is 9.59 Å². The second-order valence-electron chi connectivity index (χ2n) is 6.79. The number of hydrogen-bond acceptors (Lipinski definition) is 5. The lowest BCUT2D eigenvalue weighted by molar-refractivity contribution is 0.0545. The molecule has 0 saturated heterocycles. The van der Waals surface area contributed by atoms with Gasteiger partial charge in [0.1, 0.15) is 11.2 Å². The van der Waals surface area contributed by atoms with Crippen LogP contribution in [0.15, 0.2) is 4.99 Å². The van der Waals surface area contributed by atoms with Gasteiger partial charge < -0.3 is 9.47 Å². The molecule has 0 spiro atoms. The first-order valence-electron chi connectivity index (χ1n) is 7.41. The highest BCUT2D eigenvalue weighted by Crippen LogP contribution is 2.07. The first-order chi connectivity index (χ1) is 10.4. The Bertz CT molecular complexity index is 447. The van der Waals surface area contributed by atoms with Gasteiger partial charge in [-0.05, 0) is 48.0 Å². The Hall–Kier alpha value is -2.23. The van der Waals surface area contributed by atoms with Crippen LogP contribution in [-0.2, 0) is 9.47 Å². The Balaban J connectivity index is 4.78. The maximum Gasteiger partial charge on any atom is 0.414 e. The maximum absolute atomic E-state index is 11.8. The van der Waals surface area contributed by atoms with Crippen LogP contribution in [0.3, 0.4) is 0 Å². The molecule has 0 saturated carbocycles. The van der Waals surface area contributed by atoms with E-state index in [0.717, 1.165) is 0 Å². The summed E-state index contributed by atoms with van der Waals surface area (Å²) >= 11 is 0. The number of alkyl carbamates (subject to hydrolysis) is 2. The fourth-order valence-electron chi connectivity index (χ4n) is 1.28. The quantitative estimate of drug-likeness (QED) is 0.361. The minimum atomic E-state index is -0.718. The van der Waals surface area contributed by atoms with E-state index in [-0.39, 0.29) is 5.96 Å². The number of guanidine groups is 1. The molecule has 0 unspecified atom stereocenters. The van der Waals surface area contributed by atoms with E-state index in [2.05, 4.69) is 21.5 Å². The van der Waals surface area contributed by atoms with Crippen LogP contribution in [0.25, 0.3) is 0 Å². The predicted molar refractivity (Wildman–Crippen MR) is 89.1 cm³/mol. The normalized spacial score (nSPS) is 11.0. The van der Waals surface area contributed by atoms with Crippen LogP contribution in [0.2, 0.25) is 0 Å². The van der Waals surface area contributed by atoms with Gasteiger partial charge in [0.25, 0.3) is 0 Å². The highest BCUT2D eigenvalue weighted by Gasteiger charge is 2.21. The second-order valence-corrected chi connectivity index (χ2v) is 6.79. The van der Waals surface area contributed by atoms with Crippen molar-refractivity contribution in [1.82, 2.24) is 10.6 Å². The number of rotatable bonds is 3. The summed E-state index contributed by atoms with van der Waals surface area (Å²) in [7, 11) is 0. The highest BCUT2D eigenvalue weighted by atomic mass is 16.6. The topological polar surface area (TPSA) is 89.0 Å². The Morgan fingerprint density at radius 2 is 1.43 bits per heavy atom. The summed E-state index contributed by atoms with van der Waals surface area (Å²) in [5.41, 5.74) is -1.32. The number of terminal acetylenes is 1. The first-order valence-corrected chi connectivity index (χ1v) is 7.41. The predicted octanol–water partition coefficient (Wildman–Crippen LogP) is 2.81. The third-order valence-corrected chi connectivity index (χ3v) is 1.99. The second kappa shape index (κ2) is 9.03. The van der Waals surface area contributed by atoms with Gasteiger partial charge in [0.2, 0.25) is 5.96 Å². The van der Waals surface area contributed by atoms with Crippen molar-refractivity contribution >= 4 is 18.1 Å². The number of unbranched alkanes of at least 4 members (excludes halogenated alkanes) is 1. The van der Waals surface area contributed by atoms with Crippen LogP contribution >= 0.6 is 0 Å². The zero-order chi connectivity index (χ0) is 18.1. The van der Waals surface area contributed by atoms with Crippen molar-refractivity contribution in [1.29, 1.82) is 0 Å². The number of nitrogens with one attached hydrogen (secondary N) is 2. The Morgan fingerprint density at radius 1 is 1.00 bits per heavy atom. The zero-order valence-electron chi connectivity index (χ0n) is 14.8. The van der Waals surface area contributed by atoms with E-state index < -0.39 is 23.4 Å². The van der Waals surface area contributed by atoms with E-state index in [0.29, 0.717) is 19.4 Å². The molecule has 0 aromatic rings. The summed E-state index contributed by atoms with van der Waals surface area (Å²) in [5, 5.41) is 4.78. The van der Waals surface area contributed by atoms with Crippen molar-refractivity contribution in [3.05, 3.63) is 0 Å². The molecule has 0 aliphatic carbocycles. The molecule has 0 radical (unpaired) electrons. The molecule has 2 N–H and O–H groups in total. The summed E-state index contributed by atoms with van der Waals surface area (Å²) in [6.45, 7) is 10.8. The smallest absolute Gasteiger partial charge is 0.414 e. The van der Waals surface area contributed by atoms with Gasteiger partial charge in [0.15, 0.2) is 0 Å². The van der Waals surface area contributed by atoms with Gasteiger partial charge >= 0.3 is 12.2 Å². The lowest BCUT2D eigenvalue weighted by Crippen LogP contribution is -2.47. The molecule has 0 heterocycles. The Morgan fingerprint density at radius 3 is 1.78 bits per heavy atom. The standard InChI is InChI=1S/C16H27N3O4/c1-8-9-10-11-17-12(18-13(20)22-15(2,3)4)19-14(21)23-16(5,6)7/h1H,9-11H2,2-7H3,(H2,17,18,19,20,21). The van der Waals surface area contributed by atoms with Gasteiger partial charge in [-0.3, -0.25) is 15.6 Å². The molecule has 7 nitrogen and oxygen atoms in total. The molecule has 0 aliphatic rings. The molecule has 0 aliphatic heterocycles. The van der Waals surface area contributed by atoms with Crippen LogP contribution in [0.1, 0.15) is 54.4 Å². The van der Waals surface area contributed by atoms with Gasteiger partial charge in [0, 0.05) is 13.0 Å². The van der Waals surface area contributed by atoms with Gasteiger partial charge in [-0.1, -0.05) is 0 Å². The Labute approximate surface area is 138 Å². The SMILES string of the molecule is C#CCCCN=C(NC(=O)OC(C)(C)C)NC(=O)OC(C)(C)C. The molecule has 7 heteroatoms. The van der Waals surface area contributed by atoms with Gasteiger partial charge in [-0.2, -0.15) is 0 Å². The summed E-state index contributed by atoms with van der Waals surface area (Å²) in [6, 6.07) is 0. The van der Waals surface area contributed by atoms with Crippen LogP contribution in [0, 0.1) is 12.3 Å². The third-order valence-electron chi connectivity index (χ3n) is 1.99. The van der Waals surface area contributed by atoms with Crippen molar-refractivity contribution in [2.24, 2.45) is 4.99 Å². The average Bonchev–Trinajstić information content (AvgIpc) is 2.29. The van der Waals surface area contributed by atoms with E-state index >= 15 is 0 Å². The molecule has 0 atom stereocenters. The van der Waals surface area contributed by atoms with Crippen LogP contribution < -0.4 is 10.6 Å². The molecule has 0 fully saturated rings. The lowest BCUT2D eigenvalue weighted by Gasteiger charge is -2.22. The number of hydrogen-bond donors (Lipinski definition) is 2. The summed E-state index contributed by atoms with van der Waals surface area (Å²) < 4.78 is 10.2.